The largest absolute Gasteiger partial charge is 0.465 e. The summed E-state index contributed by atoms with van der Waals surface area (Å²) in [6.07, 6.45) is 2.69. The van der Waals surface area contributed by atoms with Gasteiger partial charge < -0.3 is 15.8 Å². The van der Waals surface area contributed by atoms with E-state index < -0.39 is 5.97 Å². The van der Waals surface area contributed by atoms with Gasteiger partial charge in [0.25, 0.3) is 0 Å². The van der Waals surface area contributed by atoms with E-state index in [4.69, 9.17) is 10.5 Å². The van der Waals surface area contributed by atoms with E-state index in [9.17, 15) is 9.59 Å². The third-order valence-corrected chi connectivity index (χ3v) is 2.62. The number of nitrogens with one attached hydrogen (secondary N) is 1. The molecule has 5 nitrogen and oxygen atoms in total. The van der Waals surface area contributed by atoms with Gasteiger partial charge in [0, 0.05) is 6.04 Å². The minimum Gasteiger partial charge on any atom is -0.465 e. The van der Waals surface area contributed by atoms with Crippen LogP contribution < -0.4 is 11.1 Å². The zero-order valence-electron chi connectivity index (χ0n) is 8.99. The molecule has 0 heterocycles. The van der Waals surface area contributed by atoms with Crippen molar-refractivity contribution in [1.29, 1.82) is 0 Å². The fourth-order valence-electron chi connectivity index (χ4n) is 1.82. The van der Waals surface area contributed by atoms with Crippen molar-refractivity contribution in [2.24, 2.45) is 11.7 Å². The summed E-state index contributed by atoms with van der Waals surface area (Å²) in [5.41, 5.74) is 5.77. The zero-order chi connectivity index (χ0) is 11.3. The van der Waals surface area contributed by atoms with Crippen molar-refractivity contribution < 1.29 is 14.3 Å². The Hall–Kier alpha value is -1.10. The molecule has 0 aromatic heterocycles. The molecule has 0 aliphatic heterocycles. The van der Waals surface area contributed by atoms with Crippen LogP contribution in [0.4, 0.5) is 0 Å². The first kappa shape index (κ1) is 12.0. The summed E-state index contributed by atoms with van der Waals surface area (Å²) < 4.78 is 4.70. The van der Waals surface area contributed by atoms with Gasteiger partial charge in [0.2, 0.25) is 5.91 Å². The zero-order valence-corrected chi connectivity index (χ0v) is 8.99. The van der Waals surface area contributed by atoms with E-state index >= 15 is 0 Å². The van der Waals surface area contributed by atoms with Gasteiger partial charge in [-0.15, -0.1) is 0 Å². The van der Waals surface area contributed by atoms with Crippen LogP contribution >= 0.6 is 0 Å². The maximum absolute atomic E-state index is 11.6. The molecule has 15 heavy (non-hydrogen) atoms. The highest BCUT2D eigenvalue weighted by molar-refractivity contribution is 5.84. The average Bonchev–Trinajstić information content (AvgIpc) is 2.61. The molecule has 5 heteroatoms. The Bertz CT molecular complexity index is 243. The molecule has 0 bridgehead atoms. The molecule has 0 saturated heterocycles. The van der Waals surface area contributed by atoms with Crippen molar-refractivity contribution >= 4 is 11.9 Å². The van der Waals surface area contributed by atoms with Crippen molar-refractivity contribution in [3.8, 4) is 0 Å². The number of rotatable bonds is 4. The number of hydrogen-bond acceptors (Lipinski definition) is 4. The number of ether oxygens (including phenoxy) is 1. The van der Waals surface area contributed by atoms with Gasteiger partial charge in [-0.25, -0.2) is 0 Å². The number of amides is 1. The summed E-state index contributed by atoms with van der Waals surface area (Å²) in [6.45, 7) is 2.00. The highest BCUT2D eigenvalue weighted by Crippen LogP contribution is 2.23. The fraction of sp³-hybridized carbons (Fsp3) is 0.800. The van der Waals surface area contributed by atoms with Gasteiger partial charge in [-0.05, 0) is 19.8 Å². The van der Waals surface area contributed by atoms with Crippen molar-refractivity contribution in [2.75, 3.05) is 13.2 Å². The van der Waals surface area contributed by atoms with E-state index in [2.05, 4.69) is 5.32 Å². The Morgan fingerprint density at radius 2 is 2.20 bits per heavy atom. The molecular weight excluding hydrogens is 196 g/mol. The quantitative estimate of drug-likeness (QED) is 0.635. The van der Waals surface area contributed by atoms with Gasteiger partial charge >= 0.3 is 5.97 Å². The molecule has 1 aliphatic rings. The molecule has 1 fully saturated rings. The van der Waals surface area contributed by atoms with E-state index in [1.807, 2.05) is 0 Å². The maximum Gasteiger partial charge on any atom is 0.325 e. The van der Waals surface area contributed by atoms with Crippen molar-refractivity contribution in [3.63, 3.8) is 0 Å². The highest BCUT2D eigenvalue weighted by atomic mass is 16.5. The second-order valence-electron chi connectivity index (χ2n) is 3.72. The van der Waals surface area contributed by atoms with E-state index in [0.717, 1.165) is 19.3 Å². The lowest BCUT2D eigenvalue weighted by Crippen LogP contribution is -2.40. The topological polar surface area (TPSA) is 81.4 Å². The molecule has 1 saturated carbocycles. The van der Waals surface area contributed by atoms with Crippen LogP contribution in [-0.4, -0.2) is 31.1 Å². The molecule has 1 aliphatic carbocycles. The standard InChI is InChI=1S/C10H18N2O3/c1-2-15-9(13)6-12-10(14)7-4-3-5-8(7)11/h7-8H,2-6,11H2,1H3,(H,12,14). The second-order valence-corrected chi connectivity index (χ2v) is 3.72. The number of carbonyl (C=O) groups is 2. The molecule has 86 valence electrons. The Kier molecular flexibility index (Phi) is 4.55. The number of nitrogens with two attached hydrogens (primary N) is 1. The van der Waals surface area contributed by atoms with Gasteiger partial charge in [-0.1, -0.05) is 6.42 Å². The van der Waals surface area contributed by atoms with Crippen LogP contribution in [0.1, 0.15) is 26.2 Å². The highest BCUT2D eigenvalue weighted by Gasteiger charge is 2.30. The molecule has 0 spiro atoms. The van der Waals surface area contributed by atoms with E-state index in [-0.39, 0.29) is 24.4 Å². The monoisotopic (exact) mass is 214 g/mol. The molecule has 3 N–H and O–H groups in total. The Balaban J connectivity index is 2.26. The maximum atomic E-state index is 11.6. The van der Waals surface area contributed by atoms with E-state index in [1.54, 1.807) is 6.92 Å². The lowest BCUT2D eigenvalue weighted by molar-refractivity contribution is -0.143. The molecule has 2 unspecified atom stereocenters. The van der Waals surface area contributed by atoms with Gasteiger partial charge in [0.1, 0.15) is 6.54 Å². The summed E-state index contributed by atoms with van der Waals surface area (Å²) in [4.78, 5) is 22.5. The van der Waals surface area contributed by atoms with Gasteiger partial charge in [-0.3, -0.25) is 9.59 Å². The summed E-state index contributed by atoms with van der Waals surface area (Å²) in [6, 6.07) is -0.0628. The summed E-state index contributed by atoms with van der Waals surface area (Å²) in [7, 11) is 0. The third-order valence-electron chi connectivity index (χ3n) is 2.62. The number of carbonyl (C=O) groups excluding carboxylic acids is 2. The van der Waals surface area contributed by atoms with Crippen LogP contribution in [0.5, 0.6) is 0 Å². The molecule has 2 atom stereocenters. The average molecular weight is 214 g/mol. The van der Waals surface area contributed by atoms with E-state index in [0.29, 0.717) is 6.61 Å². The molecule has 0 radical (unpaired) electrons. The Morgan fingerprint density at radius 3 is 2.73 bits per heavy atom. The molecule has 0 aromatic rings. The van der Waals surface area contributed by atoms with Crippen LogP contribution in [0.3, 0.4) is 0 Å². The molecular formula is C10H18N2O3. The first-order valence-electron chi connectivity index (χ1n) is 5.34. The van der Waals surface area contributed by atoms with Crippen molar-refractivity contribution in [1.82, 2.24) is 5.32 Å². The smallest absolute Gasteiger partial charge is 0.325 e. The van der Waals surface area contributed by atoms with E-state index in [1.165, 1.54) is 0 Å². The van der Waals surface area contributed by atoms with Gasteiger partial charge in [-0.2, -0.15) is 0 Å². The minimum atomic E-state index is -0.405. The molecule has 1 rings (SSSR count). The molecule has 1 amide bonds. The Morgan fingerprint density at radius 1 is 1.47 bits per heavy atom. The van der Waals surface area contributed by atoms with Gasteiger partial charge in [0.15, 0.2) is 0 Å². The van der Waals surface area contributed by atoms with Crippen LogP contribution in [-0.2, 0) is 14.3 Å². The Labute approximate surface area is 89.3 Å². The first-order chi connectivity index (χ1) is 7.15. The van der Waals surface area contributed by atoms with Crippen LogP contribution in [0.2, 0.25) is 0 Å². The number of esters is 1. The lowest BCUT2D eigenvalue weighted by Gasteiger charge is -2.14. The predicted octanol–water partition coefficient (Wildman–Crippen LogP) is -0.207. The lowest BCUT2D eigenvalue weighted by atomic mass is 10.0. The van der Waals surface area contributed by atoms with Crippen LogP contribution in [0, 0.1) is 5.92 Å². The molecule has 0 aromatic carbocycles. The van der Waals surface area contributed by atoms with Crippen LogP contribution in [0.25, 0.3) is 0 Å². The summed E-state index contributed by atoms with van der Waals surface area (Å²) >= 11 is 0. The van der Waals surface area contributed by atoms with Gasteiger partial charge in [0.05, 0.1) is 12.5 Å². The summed E-state index contributed by atoms with van der Waals surface area (Å²) in [5, 5.41) is 2.55. The second kappa shape index (κ2) is 5.70. The minimum absolute atomic E-state index is 0.0596. The summed E-state index contributed by atoms with van der Waals surface area (Å²) in [5.74, 6) is -0.676. The van der Waals surface area contributed by atoms with Crippen LogP contribution in [0.15, 0.2) is 0 Å². The first-order valence-corrected chi connectivity index (χ1v) is 5.34. The van der Waals surface area contributed by atoms with Crippen molar-refractivity contribution in [2.45, 2.75) is 32.2 Å². The SMILES string of the molecule is CCOC(=O)CNC(=O)C1CCCC1N. The predicted molar refractivity (Wildman–Crippen MR) is 55.0 cm³/mol. The van der Waals surface area contributed by atoms with Crippen molar-refractivity contribution in [3.05, 3.63) is 0 Å². The number of hydrogen-bond donors (Lipinski definition) is 2. The fourth-order valence-corrected chi connectivity index (χ4v) is 1.82. The normalized spacial score (nSPS) is 24.9. The third kappa shape index (κ3) is 3.51.